The van der Waals surface area contributed by atoms with E-state index in [9.17, 15) is 9.90 Å². The maximum atomic E-state index is 12.1. The van der Waals surface area contributed by atoms with Crippen molar-refractivity contribution in [2.45, 2.75) is 32.3 Å². The van der Waals surface area contributed by atoms with Crippen LogP contribution in [-0.4, -0.2) is 53.3 Å². The van der Waals surface area contributed by atoms with Crippen molar-refractivity contribution >= 4 is 11.7 Å². The molecule has 6 heteroatoms. The van der Waals surface area contributed by atoms with E-state index >= 15 is 0 Å². The number of carbonyl (C=O) groups is 1. The van der Waals surface area contributed by atoms with E-state index in [1.54, 1.807) is 0 Å². The number of nitrogens with zero attached hydrogens (tertiary/aromatic N) is 2. The van der Waals surface area contributed by atoms with Gasteiger partial charge in [-0.25, -0.2) is 4.79 Å². The summed E-state index contributed by atoms with van der Waals surface area (Å²) in [4.78, 5) is 18.6. The van der Waals surface area contributed by atoms with E-state index < -0.39 is 5.60 Å². The molecule has 0 aliphatic carbocycles. The Morgan fingerprint density at radius 1 is 1.19 bits per heavy atom. The number of nitrogens with one attached hydrogen (secondary N) is 2. The summed E-state index contributed by atoms with van der Waals surface area (Å²) in [6.07, 6.45) is 1.50. The Balaban J connectivity index is 1.52. The summed E-state index contributed by atoms with van der Waals surface area (Å²) < 4.78 is 0. The zero-order valence-corrected chi connectivity index (χ0v) is 16.2. The molecule has 0 spiro atoms. The molecule has 6 nitrogen and oxygen atoms in total. The third-order valence-corrected chi connectivity index (χ3v) is 4.86. The highest BCUT2D eigenvalue weighted by Gasteiger charge is 2.34. The molecule has 1 atom stereocenters. The van der Waals surface area contributed by atoms with Crippen LogP contribution in [0.1, 0.15) is 28.9 Å². The van der Waals surface area contributed by atoms with Gasteiger partial charge in [-0.05, 0) is 69.1 Å². The zero-order valence-electron chi connectivity index (χ0n) is 16.2. The number of likely N-dealkylation sites (N-methyl/N-ethyl adjacent to an activating group) is 1. The number of pyridine rings is 1. The van der Waals surface area contributed by atoms with Gasteiger partial charge in [-0.15, -0.1) is 0 Å². The van der Waals surface area contributed by atoms with Gasteiger partial charge in [-0.2, -0.15) is 0 Å². The number of rotatable bonds is 5. The molecular formula is C21H28N4O2. The Labute approximate surface area is 160 Å². The first-order chi connectivity index (χ1) is 12.8. The number of β-amino-alcohol motifs (C(OH)–C–C–N with tert-alkyl or cyclic N) is 1. The van der Waals surface area contributed by atoms with Crippen LogP contribution in [0.4, 0.5) is 10.5 Å². The van der Waals surface area contributed by atoms with Crippen molar-refractivity contribution in [1.29, 1.82) is 0 Å². The Bertz CT molecular complexity index is 786. The second-order valence-electron chi connectivity index (χ2n) is 7.65. The van der Waals surface area contributed by atoms with Crippen LogP contribution in [0.25, 0.3) is 0 Å². The largest absolute Gasteiger partial charge is 0.387 e. The van der Waals surface area contributed by atoms with Crippen molar-refractivity contribution in [3.05, 3.63) is 58.9 Å². The number of amides is 2. The molecule has 1 unspecified atom stereocenters. The monoisotopic (exact) mass is 368 g/mol. The van der Waals surface area contributed by atoms with Crippen molar-refractivity contribution in [3.63, 3.8) is 0 Å². The van der Waals surface area contributed by atoms with Crippen molar-refractivity contribution in [2.24, 2.45) is 0 Å². The van der Waals surface area contributed by atoms with Crippen LogP contribution in [0.2, 0.25) is 0 Å². The standard InChI is InChI=1S/C21H28N4O2/c1-15-10-18(11-16(2)23-15)12-17-4-6-19(7-5-17)24-20(26)22-13-21(27)8-9-25(3)14-21/h4-7,10-11,27H,8-9,12-14H2,1-3H3,(H2,22,24,26). The number of aryl methyl sites for hydroxylation is 2. The van der Waals surface area contributed by atoms with Gasteiger partial charge >= 0.3 is 6.03 Å². The quantitative estimate of drug-likeness (QED) is 0.758. The van der Waals surface area contributed by atoms with Crippen LogP contribution >= 0.6 is 0 Å². The predicted octanol–water partition coefficient (Wildman–Crippen LogP) is 2.48. The molecule has 2 aromatic rings. The van der Waals surface area contributed by atoms with Gasteiger partial charge in [-0.1, -0.05) is 12.1 Å². The van der Waals surface area contributed by atoms with E-state index in [1.165, 1.54) is 11.1 Å². The third kappa shape index (κ3) is 5.52. The lowest BCUT2D eigenvalue weighted by Crippen LogP contribution is -2.45. The summed E-state index contributed by atoms with van der Waals surface area (Å²) in [6, 6.07) is 11.7. The smallest absolute Gasteiger partial charge is 0.319 e. The van der Waals surface area contributed by atoms with Gasteiger partial charge in [-0.3, -0.25) is 4.98 Å². The van der Waals surface area contributed by atoms with Crippen LogP contribution in [0.5, 0.6) is 0 Å². The van der Waals surface area contributed by atoms with Crippen molar-refractivity contribution in [1.82, 2.24) is 15.2 Å². The molecular weight excluding hydrogens is 340 g/mol. The topological polar surface area (TPSA) is 77.5 Å². The van der Waals surface area contributed by atoms with Crippen molar-refractivity contribution in [2.75, 3.05) is 32.0 Å². The van der Waals surface area contributed by atoms with Gasteiger partial charge < -0.3 is 20.6 Å². The SMILES string of the molecule is Cc1cc(Cc2ccc(NC(=O)NCC3(O)CCN(C)C3)cc2)cc(C)n1. The third-order valence-electron chi connectivity index (χ3n) is 4.86. The van der Waals surface area contributed by atoms with Crippen LogP contribution < -0.4 is 10.6 Å². The molecule has 0 radical (unpaired) electrons. The number of anilines is 1. The molecule has 144 valence electrons. The fourth-order valence-corrected chi connectivity index (χ4v) is 3.59. The summed E-state index contributed by atoms with van der Waals surface area (Å²) in [5.74, 6) is 0. The van der Waals surface area contributed by atoms with E-state index in [0.29, 0.717) is 13.0 Å². The molecule has 3 N–H and O–H groups in total. The highest BCUT2D eigenvalue weighted by Crippen LogP contribution is 2.19. The van der Waals surface area contributed by atoms with E-state index in [2.05, 4.69) is 32.7 Å². The normalized spacial score (nSPS) is 19.9. The molecule has 1 aromatic heterocycles. The maximum Gasteiger partial charge on any atom is 0.319 e. The van der Waals surface area contributed by atoms with Crippen molar-refractivity contribution < 1.29 is 9.90 Å². The average Bonchev–Trinajstić information content (AvgIpc) is 2.94. The second kappa shape index (κ2) is 8.06. The number of hydrogen-bond donors (Lipinski definition) is 3. The highest BCUT2D eigenvalue weighted by molar-refractivity contribution is 5.89. The Hall–Kier alpha value is -2.44. The molecule has 1 aromatic carbocycles. The number of likely N-dealkylation sites (tertiary alicyclic amines) is 1. The lowest BCUT2D eigenvalue weighted by molar-refractivity contribution is 0.0546. The number of carbonyl (C=O) groups excluding carboxylic acids is 1. The molecule has 1 fully saturated rings. The summed E-state index contributed by atoms with van der Waals surface area (Å²) in [5.41, 5.74) is 4.35. The Kier molecular flexibility index (Phi) is 5.77. The number of aliphatic hydroxyl groups is 1. The van der Waals surface area contributed by atoms with Crippen LogP contribution in [0.3, 0.4) is 0 Å². The van der Waals surface area contributed by atoms with E-state index in [0.717, 1.165) is 30.0 Å². The molecule has 1 aliphatic heterocycles. The van der Waals surface area contributed by atoms with Gasteiger partial charge in [0, 0.05) is 36.7 Å². The van der Waals surface area contributed by atoms with Crippen LogP contribution in [0, 0.1) is 13.8 Å². The second-order valence-corrected chi connectivity index (χ2v) is 7.65. The van der Waals surface area contributed by atoms with Crippen molar-refractivity contribution in [3.8, 4) is 0 Å². The highest BCUT2D eigenvalue weighted by atomic mass is 16.3. The van der Waals surface area contributed by atoms with E-state index in [4.69, 9.17) is 0 Å². The molecule has 1 saturated heterocycles. The molecule has 27 heavy (non-hydrogen) atoms. The van der Waals surface area contributed by atoms with E-state index in [-0.39, 0.29) is 12.6 Å². The van der Waals surface area contributed by atoms with Gasteiger partial charge in [0.15, 0.2) is 0 Å². The zero-order chi connectivity index (χ0) is 19.4. The lowest BCUT2D eigenvalue weighted by atomic mass is 10.0. The van der Waals surface area contributed by atoms with Crippen LogP contribution in [0.15, 0.2) is 36.4 Å². The summed E-state index contributed by atoms with van der Waals surface area (Å²) in [6.45, 7) is 5.68. The predicted molar refractivity (Wildman–Crippen MR) is 107 cm³/mol. The Morgan fingerprint density at radius 2 is 1.85 bits per heavy atom. The molecule has 0 bridgehead atoms. The lowest BCUT2D eigenvalue weighted by Gasteiger charge is -2.22. The molecule has 1 aliphatic rings. The van der Waals surface area contributed by atoms with Gasteiger partial charge in [0.25, 0.3) is 0 Å². The molecule has 2 amide bonds. The van der Waals surface area contributed by atoms with E-state index in [1.807, 2.05) is 45.2 Å². The van der Waals surface area contributed by atoms with Gasteiger partial charge in [0.2, 0.25) is 0 Å². The molecule has 0 saturated carbocycles. The fraction of sp³-hybridized carbons (Fsp3) is 0.429. The maximum absolute atomic E-state index is 12.1. The number of aromatic nitrogens is 1. The molecule has 3 rings (SSSR count). The minimum Gasteiger partial charge on any atom is -0.387 e. The summed E-state index contributed by atoms with van der Waals surface area (Å²) in [5, 5.41) is 16.0. The fourth-order valence-electron chi connectivity index (χ4n) is 3.59. The van der Waals surface area contributed by atoms with Gasteiger partial charge in [0.1, 0.15) is 0 Å². The average molecular weight is 368 g/mol. The first kappa shape index (κ1) is 19.3. The first-order valence-corrected chi connectivity index (χ1v) is 9.30. The first-order valence-electron chi connectivity index (χ1n) is 9.30. The Morgan fingerprint density at radius 3 is 2.44 bits per heavy atom. The minimum atomic E-state index is -0.837. The minimum absolute atomic E-state index is 0.252. The molecule has 2 heterocycles. The van der Waals surface area contributed by atoms with Crippen LogP contribution in [-0.2, 0) is 6.42 Å². The summed E-state index contributed by atoms with van der Waals surface area (Å²) >= 11 is 0. The number of urea groups is 1. The van der Waals surface area contributed by atoms with Gasteiger partial charge in [0.05, 0.1) is 5.60 Å². The number of benzene rings is 1. The summed E-state index contributed by atoms with van der Waals surface area (Å²) in [7, 11) is 1.97. The number of hydrogen-bond acceptors (Lipinski definition) is 4.